The SMILES string of the molecule is O=C(O)COCc1cccc(-c2ccc(Cl)c(Cl)c2)c1. The number of benzene rings is 2. The van der Waals surface area contributed by atoms with Crippen molar-refractivity contribution in [3.8, 4) is 11.1 Å². The van der Waals surface area contributed by atoms with Gasteiger partial charge in [-0.1, -0.05) is 47.5 Å². The number of hydrogen-bond donors (Lipinski definition) is 1. The summed E-state index contributed by atoms with van der Waals surface area (Å²) in [5.74, 6) is -0.981. The molecule has 2 aromatic carbocycles. The number of ether oxygens (including phenoxy) is 1. The van der Waals surface area contributed by atoms with E-state index in [1.807, 2.05) is 30.3 Å². The summed E-state index contributed by atoms with van der Waals surface area (Å²) < 4.78 is 5.07. The first-order valence-corrected chi connectivity index (χ1v) is 6.66. The predicted octanol–water partition coefficient (Wildman–Crippen LogP) is 4.26. The number of rotatable bonds is 5. The number of hydrogen-bond acceptors (Lipinski definition) is 2. The van der Waals surface area contributed by atoms with E-state index in [2.05, 4.69) is 0 Å². The van der Waals surface area contributed by atoms with Gasteiger partial charge in [-0.15, -0.1) is 0 Å². The normalized spacial score (nSPS) is 10.5. The number of aliphatic carboxylic acids is 1. The maximum atomic E-state index is 10.4. The highest BCUT2D eigenvalue weighted by Crippen LogP contribution is 2.28. The minimum atomic E-state index is -0.981. The Balaban J connectivity index is 2.16. The molecule has 0 saturated carbocycles. The van der Waals surface area contributed by atoms with Crippen molar-refractivity contribution >= 4 is 29.2 Å². The highest BCUT2D eigenvalue weighted by atomic mass is 35.5. The van der Waals surface area contributed by atoms with E-state index < -0.39 is 5.97 Å². The van der Waals surface area contributed by atoms with Gasteiger partial charge in [0, 0.05) is 0 Å². The Morgan fingerprint density at radius 1 is 1.05 bits per heavy atom. The summed E-state index contributed by atoms with van der Waals surface area (Å²) in [6.07, 6.45) is 0. The summed E-state index contributed by atoms with van der Waals surface area (Å²) in [6.45, 7) is -0.0571. The predicted molar refractivity (Wildman–Crippen MR) is 79.2 cm³/mol. The van der Waals surface area contributed by atoms with Gasteiger partial charge < -0.3 is 9.84 Å². The minimum Gasteiger partial charge on any atom is -0.480 e. The third-order valence-electron chi connectivity index (χ3n) is 2.67. The summed E-state index contributed by atoms with van der Waals surface area (Å²) in [6, 6.07) is 13.1. The summed E-state index contributed by atoms with van der Waals surface area (Å²) in [5, 5.41) is 9.54. The molecule has 0 spiro atoms. The maximum absolute atomic E-state index is 10.4. The van der Waals surface area contributed by atoms with Gasteiger partial charge in [-0.05, 0) is 34.9 Å². The molecule has 1 N–H and O–H groups in total. The van der Waals surface area contributed by atoms with E-state index in [-0.39, 0.29) is 13.2 Å². The van der Waals surface area contributed by atoms with Crippen LogP contribution in [0.2, 0.25) is 10.0 Å². The van der Waals surface area contributed by atoms with Gasteiger partial charge in [-0.2, -0.15) is 0 Å². The van der Waals surface area contributed by atoms with Gasteiger partial charge in [0.2, 0.25) is 0 Å². The van der Waals surface area contributed by atoms with Gasteiger partial charge in [0.25, 0.3) is 0 Å². The van der Waals surface area contributed by atoms with Crippen LogP contribution in [0.1, 0.15) is 5.56 Å². The van der Waals surface area contributed by atoms with E-state index in [1.165, 1.54) is 0 Å². The van der Waals surface area contributed by atoms with Crippen molar-refractivity contribution in [2.24, 2.45) is 0 Å². The molecule has 0 amide bonds. The van der Waals surface area contributed by atoms with Crippen LogP contribution in [0.4, 0.5) is 0 Å². The second-order valence-electron chi connectivity index (χ2n) is 4.22. The Kier molecular flexibility index (Phi) is 5.01. The Hall–Kier alpha value is -1.55. The monoisotopic (exact) mass is 310 g/mol. The quantitative estimate of drug-likeness (QED) is 0.897. The minimum absolute atomic E-state index is 0.251. The topological polar surface area (TPSA) is 46.5 Å². The van der Waals surface area contributed by atoms with Gasteiger partial charge >= 0.3 is 5.97 Å². The van der Waals surface area contributed by atoms with Crippen molar-refractivity contribution in [3.63, 3.8) is 0 Å². The van der Waals surface area contributed by atoms with E-state index in [9.17, 15) is 4.79 Å². The lowest BCUT2D eigenvalue weighted by Crippen LogP contribution is -2.06. The van der Waals surface area contributed by atoms with Crippen molar-refractivity contribution in [3.05, 3.63) is 58.1 Å². The third kappa shape index (κ3) is 3.97. The van der Waals surface area contributed by atoms with Crippen LogP contribution in [0.5, 0.6) is 0 Å². The van der Waals surface area contributed by atoms with E-state index >= 15 is 0 Å². The fourth-order valence-corrected chi connectivity index (χ4v) is 2.07. The lowest BCUT2D eigenvalue weighted by atomic mass is 10.0. The maximum Gasteiger partial charge on any atom is 0.329 e. The van der Waals surface area contributed by atoms with E-state index in [4.69, 9.17) is 33.0 Å². The van der Waals surface area contributed by atoms with Crippen LogP contribution in [-0.2, 0) is 16.1 Å². The second kappa shape index (κ2) is 6.75. The van der Waals surface area contributed by atoms with Crippen LogP contribution in [-0.4, -0.2) is 17.7 Å². The first kappa shape index (κ1) is 14.9. The lowest BCUT2D eigenvalue weighted by molar-refractivity contribution is -0.142. The molecular weight excluding hydrogens is 299 g/mol. The number of carboxylic acid groups (broad SMARTS) is 1. The Labute approximate surface area is 126 Å². The molecule has 0 bridgehead atoms. The average Bonchev–Trinajstić information content (AvgIpc) is 2.42. The van der Waals surface area contributed by atoms with Crippen LogP contribution in [0.25, 0.3) is 11.1 Å². The summed E-state index contributed by atoms with van der Waals surface area (Å²) in [7, 11) is 0. The molecule has 0 unspecified atom stereocenters. The van der Waals surface area contributed by atoms with E-state index in [0.717, 1.165) is 16.7 Å². The zero-order chi connectivity index (χ0) is 14.5. The number of halogens is 2. The molecule has 0 aromatic heterocycles. The molecule has 0 heterocycles. The zero-order valence-corrected chi connectivity index (χ0v) is 12.0. The highest BCUT2D eigenvalue weighted by Gasteiger charge is 2.04. The first-order chi connectivity index (χ1) is 9.56. The molecular formula is C15H12Cl2O3. The van der Waals surface area contributed by atoms with Gasteiger partial charge in [0.05, 0.1) is 16.7 Å². The fourth-order valence-electron chi connectivity index (χ4n) is 1.77. The summed E-state index contributed by atoms with van der Waals surface area (Å²) in [5.41, 5.74) is 2.81. The van der Waals surface area contributed by atoms with Crippen molar-refractivity contribution in [1.29, 1.82) is 0 Å². The molecule has 0 saturated heterocycles. The molecule has 2 rings (SSSR count). The smallest absolute Gasteiger partial charge is 0.329 e. The Bertz CT molecular complexity index is 626. The number of carboxylic acids is 1. The molecule has 0 atom stereocenters. The average molecular weight is 311 g/mol. The van der Waals surface area contributed by atoms with Crippen LogP contribution in [0, 0.1) is 0 Å². The molecule has 0 radical (unpaired) electrons. The highest BCUT2D eigenvalue weighted by molar-refractivity contribution is 6.42. The fraction of sp³-hybridized carbons (Fsp3) is 0.133. The van der Waals surface area contributed by atoms with Crippen molar-refractivity contribution in [1.82, 2.24) is 0 Å². The van der Waals surface area contributed by atoms with Crippen molar-refractivity contribution in [2.75, 3.05) is 6.61 Å². The molecule has 3 nitrogen and oxygen atoms in total. The standard InChI is InChI=1S/C15H12Cl2O3/c16-13-5-4-12(7-14(13)17)11-3-1-2-10(6-11)8-20-9-15(18)19/h1-7H,8-9H2,(H,18,19). The zero-order valence-electron chi connectivity index (χ0n) is 10.5. The van der Waals surface area contributed by atoms with Gasteiger partial charge in [-0.3, -0.25) is 0 Å². The second-order valence-corrected chi connectivity index (χ2v) is 5.03. The van der Waals surface area contributed by atoms with Crippen molar-refractivity contribution < 1.29 is 14.6 Å². The Morgan fingerprint density at radius 2 is 1.80 bits per heavy atom. The molecule has 2 aromatic rings. The number of carbonyl (C=O) groups is 1. The van der Waals surface area contributed by atoms with Crippen LogP contribution >= 0.6 is 23.2 Å². The molecule has 0 fully saturated rings. The summed E-state index contributed by atoms with van der Waals surface area (Å²) >= 11 is 11.9. The Morgan fingerprint density at radius 3 is 2.50 bits per heavy atom. The van der Waals surface area contributed by atoms with E-state index in [1.54, 1.807) is 12.1 Å². The lowest BCUT2D eigenvalue weighted by Gasteiger charge is -2.07. The van der Waals surface area contributed by atoms with Crippen LogP contribution < -0.4 is 0 Å². The third-order valence-corrected chi connectivity index (χ3v) is 3.41. The first-order valence-electron chi connectivity index (χ1n) is 5.90. The van der Waals surface area contributed by atoms with Gasteiger partial charge in [0.15, 0.2) is 0 Å². The van der Waals surface area contributed by atoms with E-state index in [0.29, 0.717) is 10.0 Å². The van der Waals surface area contributed by atoms with Crippen LogP contribution in [0.15, 0.2) is 42.5 Å². The van der Waals surface area contributed by atoms with Gasteiger partial charge in [-0.25, -0.2) is 4.79 Å². The molecule has 104 valence electrons. The molecule has 20 heavy (non-hydrogen) atoms. The molecule has 0 aliphatic heterocycles. The van der Waals surface area contributed by atoms with Crippen molar-refractivity contribution in [2.45, 2.75) is 6.61 Å². The van der Waals surface area contributed by atoms with Gasteiger partial charge in [0.1, 0.15) is 6.61 Å². The largest absolute Gasteiger partial charge is 0.480 e. The molecule has 5 heteroatoms. The summed E-state index contributed by atoms with van der Waals surface area (Å²) in [4.78, 5) is 10.4. The van der Waals surface area contributed by atoms with Crippen LogP contribution in [0.3, 0.4) is 0 Å². The molecule has 0 aliphatic carbocycles. The molecule has 0 aliphatic rings.